The van der Waals surface area contributed by atoms with E-state index in [4.69, 9.17) is 19.4 Å². The van der Waals surface area contributed by atoms with Crippen molar-refractivity contribution >= 4 is 54.3 Å². The van der Waals surface area contributed by atoms with Crippen LogP contribution in [0.3, 0.4) is 0 Å². The Kier molecular flexibility index (Phi) is 6.15. The third kappa shape index (κ3) is 4.49. The Labute approximate surface area is 282 Å². The molecule has 228 valence electrons. The van der Waals surface area contributed by atoms with Gasteiger partial charge >= 0.3 is 0 Å². The minimum absolute atomic E-state index is 0.620. The van der Waals surface area contributed by atoms with E-state index in [-0.39, 0.29) is 0 Å². The van der Waals surface area contributed by atoms with Crippen molar-refractivity contribution < 1.29 is 4.42 Å². The number of fused-ring (bicyclic) bond motifs is 7. The fourth-order valence-electron chi connectivity index (χ4n) is 7.14. The summed E-state index contributed by atoms with van der Waals surface area (Å²) in [6.07, 6.45) is 0. The molecule has 8 aromatic carbocycles. The van der Waals surface area contributed by atoms with Crippen LogP contribution in [0, 0.1) is 0 Å². The molecule has 0 aliphatic rings. The average Bonchev–Trinajstić information content (AvgIpc) is 3.56. The maximum absolute atomic E-state index is 6.84. The van der Waals surface area contributed by atoms with Crippen molar-refractivity contribution in [2.45, 2.75) is 0 Å². The Balaban J connectivity index is 1.25. The van der Waals surface area contributed by atoms with Gasteiger partial charge in [0.1, 0.15) is 11.2 Å². The van der Waals surface area contributed by atoms with Crippen molar-refractivity contribution in [1.29, 1.82) is 0 Å². The molecular weight excluding hydrogens is 599 g/mol. The van der Waals surface area contributed by atoms with E-state index in [9.17, 15) is 0 Å². The van der Waals surface area contributed by atoms with Crippen LogP contribution in [0.4, 0.5) is 0 Å². The minimum Gasteiger partial charge on any atom is -0.455 e. The van der Waals surface area contributed by atoms with E-state index in [0.29, 0.717) is 17.5 Å². The largest absolute Gasteiger partial charge is 0.455 e. The monoisotopic (exact) mass is 625 g/mol. The van der Waals surface area contributed by atoms with Crippen LogP contribution in [0.15, 0.2) is 168 Å². The third-order valence-corrected chi connectivity index (χ3v) is 9.50. The summed E-state index contributed by atoms with van der Waals surface area (Å²) in [4.78, 5) is 15.4. The van der Waals surface area contributed by atoms with Crippen molar-refractivity contribution in [2.24, 2.45) is 0 Å². The van der Waals surface area contributed by atoms with Gasteiger partial charge in [-0.25, -0.2) is 15.0 Å². The van der Waals surface area contributed by atoms with E-state index in [1.807, 2.05) is 30.3 Å². The van der Waals surface area contributed by atoms with Crippen molar-refractivity contribution in [2.75, 3.05) is 0 Å². The van der Waals surface area contributed by atoms with Gasteiger partial charge in [0, 0.05) is 38.4 Å². The maximum Gasteiger partial charge on any atom is 0.164 e. The fraction of sp³-hybridized carbons (Fsp3) is 0. The standard InChI is InChI=1S/C45H27N3O/c1-2-14-30(15-3-1)43-46-44(38-23-10-17-29-13-6-7-18-33(29)38)48-45(47-43)40-27-39-37-22-11-21-34(32-25-24-28-12-4-5-16-31(28)26-32)41(37)49-42(39)36-20-9-8-19-35(36)40/h1-27H. The lowest BCUT2D eigenvalue weighted by Gasteiger charge is -2.12. The number of rotatable bonds is 4. The van der Waals surface area contributed by atoms with Crippen LogP contribution in [-0.4, -0.2) is 15.0 Å². The summed E-state index contributed by atoms with van der Waals surface area (Å²) in [5.41, 5.74) is 6.75. The summed E-state index contributed by atoms with van der Waals surface area (Å²) in [6, 6.07) is 56.8. The maximum atomic E-state index is 6.84. The number of hydrogen-bond donors (Lipinski definition) is 0. The molecule has 2 heterocycles. The zero-order valence-electron chi connectivity index (χ0n) is 26.3. The SMILES string of the molecule is c1ccc(-c2nc(-c3cccc4ccccc34)nc(-c3cc4c5cccc(-c6ccc7ccccc7c6)c5oc4c4ccccc34)n2)cc1. The van der Waals surface area contributed by atoms with Crippen LogP contribution in [0.5, 0.6) is 0 Å². The van der Waals surface area contributed by atoms with E-state index in [1.165, 1.54) is 10.8 Å². The van der Waals surface area contributed by atoms with Gasteiger partial charge in [0.05, 0.1) is 0 Å². The Morgan fingerprint density at radius 3 is 1.76 bits per heavy atom. The topological polar surface area (TPSA) is 51.8 Å². The smallest absolute Gasteiger partial charge is 0.164 e. The van der Waals surface area contributed by atoms with Gasteiger partial charge in [-0.2, -0.15) is 0 Å². The fourth-order valence-corrected chi connectivity index (χ4v) is 7.14. The second-order valence-corrected chi connectivity index (χ2v) is 12.4. The molecule has 10 rings (SSSR count). The Hall–Kier alpha value is -6.65. The first-order valence-electron chi connectivity index (χ1n) is 16.4. The van der Waals surface area contributed by atoms with Gasteiger partial charge in [-0.3, -0.25) is 0 Å². The molecule has 0 amide bonds. The molecule has 2 aromatic heterocycles. The molecule has 0 saturated heterocycles. The highest BCUT2D eigenvalue weighted by Crippen LogP contribution is 2.42. The van der Waals surface area contributed by atoms with Crippen LogP contribution in [0.25, 0.3) is 99.5 Å². The van der Waals surface area contributed by atoms with Gasteiger partial charge < -0.3 is 4.42 Å². The summed E-state index contributed by atoms with van der Waals surface area (Å²) in [7, 11) is 0. The van der Waals surface area contributed by atoms with Gasteiger partial charge in [-0.15, -0.1) is 0 Å². The average molecular weight is 626 g/mol. The zero-order valence-corrected chi connectivity index (χ0v) is 26.3. The summed E-state index contributed by atoms with van der Waals surface area (Å²) in [5.74, 6) is 1.89. The van der Waals surface area contributed by atoms with Crippen LogP contribution in [0.2, 0.25) is 0 Å². The summed E-state index contributed by atoms with van der Waals surface area (Å²) in [5, 5.41) is 8.78. The predicted molar refractivity (Wildman–Crippen MR) is 201 cm³/mol. The van der Waals surface area contributed by atoms with E-state index >= 15 is 0 Å². The van der Waals surface area contributed by atoms with E-state index in [2.05, 4.69) is 133 Å². The van der Waals surface area contributed by atoms with Crippen LogP contribution in [0.1, 0.15) is 0 Å². The Morgan fingerprint density at radius 2 is 0.898 bits per heavy atom. The van der Waals surface area contributed by atoms with E-state index < -0.39 is 0 Å². The van der Waals surface area contributed by atoms with Crippen LogP contribution >= 0.6 is 0 Å². The van der Waals surface area contributed by atoms with Gasteiger partial charge in [0.2, 0.25) is 0 Å². The number of nitrogens with zero attached hydrogens (tertiary/aromatic N) is 3. The van der Waals surface area contributed by atoms with E-state index in [0.717, 1.165) is 71.3 Å². The van der Waals surface area contributed by atoms with Crippen molar-refractivity contribution in [3.63, 3.8) is 0 Å². The molecule has 0 spiro atoms. The quantitative estimate of drug-likeness (QED) is 0.195. The first kappa shape index (κ1) is 27.5. The molecule has 0 saturated carbocycles. The molecule has 0 bridgehead atoms. The number of hydrogen-bond acceptors (Lipinski definition) is 4. The normalized spacial score (nSPS) is 11.7. The van der Waals surface area contributed by atoms with Gasteiger partial charge in [0.15, 0.2) is 17.5 Å². The molecule has 0 unspecified atom stereocenters. The highest BCUT2D eigenvalue weighted by atomic mass is 16.3. The molecule has 0 N–H and O–H groups in total. The first-order valence-corrected chi connectivity index (χ1v) is 16.4. The molecule has 0 atom stereocenters. The molecule has 49 heavy (non-hydrogen) atoms. The molecule has 0 aliphatic heterocycles. The number of para-hydroxylation sites is 1. The molecule has 10 aromatic rings. The van der Waals surface area contributed by atoms with Gasteiger partial charge in [-0.05, 0) is 44.6 Å². The third-order valence-electron chi connectivity index (χ3n) is 9.50. The number of furan rings is 1. The lowest BCUT2D eigenvalue weighted by atomic mass is 9.97. The van der Waals surface area contributed by atoms with Crippen molar-refractivity contribution in [1.82, 2.24) is 15.0 Å². The molecule has 4 heteroatoms. The molecule has 0 radical (unpaired) electrons. The Bertz CT molecular complexity index is 2890. The van der Waals surface area contributed by atoms with Crippen molar-refractivity contribution in [3.05, 3.63) is 164 Å². The zero-order chi connectivity index (χ0) is 32.3. The van der Waals surface area contributed by atoms with Crippen LogP contribution in [-0.2, 0) is 0 Å². The highest BCUT2D eigenvalue weighted by molar-refractivity contribution is 6.20. The lowest BCUT2D eigenvalue weighted by Crippen LogP contribution is -2.01. The Morgan fingerprint density at radius 1 is 0.306 bits per heavy atom. The number of benzene rings is 8. The van der Waals surface area contributed by atoms with Crippen molar-refractivity contribution in [3.8, 4) is 45.3 Å². The minimum atomic E-state index is 0.620. The lowest BCUT2D eigenvalue weighted by molar-refractivity contribution is 0.674. The molecule has 4 nitrogen and oxygen atoms in total. The van der Waals surface area contributed by atoms with Crippen LogP contribution < -0.4 is 0 Å². The molecule has 0 aliphatic carbocycles. The van der Waals surface area contributed by atoms with Gasteiger partial charge in [0.25, 0.3) is 0 Å². The summed E-state index contributed by atoms with van der Waals surface area (Å²) in [6.45, 7) is 0. The summed E-state index contributed by atoms with van der Waals surface area (Å²) >= 11 is 0. The first-order chi connectivity index (χ1) is 24.3. The molecule has 0 fully saturated rings. The van der Waals surface area contributed by atoms with E-state index in [1.54, 1.807) is 0 Å². The number of aromatic nitrogens is 3. The second-order valence-electron chi connectivity index (χ2n) is 12.4. The van der Waals surface area contributed by atoms with Gasteiger partial charge in [-0.1, -0.05) is 152 Å². The second kappa shape index (κ2) is 11.0. The molecular formula is C45H27N3O. The highest BCUT2D eigenvalue weighted by Gasteiger charge is 2.20. The summed E-state index contributed by atoms with van der Waals surface area (Å²) < 4.78 is 6.84. The predicted octanol–water partition coefficient (Wildman–Crippen LogP) is 11.9.